The fraction of sp³-hybridized carbons (Fsp3) is 0.500. The second-order valence-corrected chi connectivity index (χ2v) is 4.61. The van der Waals surface area contributed by atoms with E-state index in [1.165, 1.54) is 6.07 Å². The van der Waals surface area contributed by atoms with Crippen molar-refractivity contribution in [2.45, 2.75) is 18.9 Å². The molecule has 1 aromatic rings. The minimum Gasteiger partial charge on any atom is -0.377 e. The highest BCUT2D eigenvalue weighted by atomic mass is 19.1. The maximum atomic E-state index is 13.4. The van der Waals surface area contributed by atoms with Crippen LogP contribution >= 0.6 is 0 Å². The maximum Gasteiger partial charge on any atom is 0.327 e. The number of rotatable bonds is 3. The predicted molar refractivity (Wildman–Crippen MR) is 67.2 cm³/mol. The van der Waals surface area contributed by atoms with Crippen molar-refractivity contribution < 1.29 is 9.31 Å². The first-order chi connectivity index (χ1) is 8.58. The maximum absolute atomic E-state index is 13.4. The van der Waals surface area contributed by atoms with Gasteiger partial charge in [-0.15, -0.1) is 0 Å². The van der Waals surface area contributed by atoms with E-state index in [1.54, 1.807) is 6.07 Å². The van der Waals surface area contributed by atoms with Crippen molar-refractivity contribution in [3.63, 3.8) is 0 Å². The molecule has 0 spiro atoms. The van der Waals surface area contributed by atoms with Gasteiger partial charge in [0, 0.05) is 6.04 Å². The summed E-state index contributed by atoms with van der Waals surface area (Å²) in [6, 6.07) is 4.32. The number of hydrogen-bond donors (Lipinski definition) is 1. The van der Waals surface area contributed by atoms with Gasteiger partial charge in [-0.25, -0.2) is 0 Å². The van der Waals surface area contributed by atoms with E-state index >= 15 is 0 Å². The summed E-state index contributed by atoms with van der Waals surface area (Å²) in [5.74, 6) is -0.794. The van der Waals surface area contributed by atoms with Crippen LogP contribution in [0.5, 0.6) is 0 Å². The molecular weight excluding hydrogens is 237 g/mol. The molecule has 0 radical (unpaired) electrons. The summed E-state index contributed by atoms with van der Waals surface area (Å²) in [5, 5.41) is 13.9. The van der Waals surface area contributed by atoms with E-state index in [0.717, 1.165) is 32.0 Å². The highest BCUT2D eigenvalue weighted by Gasteiger charge is 2.23. The van der Waals surface area contributed by atoms with Gasteiger partial charge in [-0.2, -0.15) is 4.39 Å². The smallest absolute Gasteiger partial charge is 0.327 e. The summed E-state index contributed by atoms with van der Waals surface area (Å²) in [6.45, 7) is 1.89. The third-order valence-electron chi connectivity index (χ3n) is 3.25. The molecule has 1 aliphatic heterocycles. The summed E-state index contributed by atoms with van der Waals surface area (Å²) in [4.78, 5) is 12.4. The van der Waals surface area contributed by atoms with E-state index in [1.807, 2.05) is 7.05 Å². The highest BCUT2D eigenvalue weighted by Crippen LogP contribution is 2.29. The molecule has 0 aromatic heterocycles. The Bertz CT molecular complexity index is 445. The zero-order valence-electron chi connectivity index (χ0n) is 10.2. The highest BCUT2D eigenvalue weighted by molar-refractivity contribution is 5.62. The molecule has 98 valence electrons. The minimum atomic E-state index is -0.794. The number of nitrogens with one attached hydrogen (secondary N) is 1. The van der Waals surface area contributed by atoms with Crippen molar-refractivity contribution in [3.05, 3.63) is 34.1 Å². The van der Waals surface area contributed by atoms with E-state index < -0.39 is 16.4 Å². The molecule has 0 unspecified atom stereocenters. The fourth-order valence-corrected chi connectivity index (χ4v) is 2.19. The van der Waals surface area contributed by atoms with E-state index in [4.69, 9.17) is 0 Å². The number of anilines is 1. The van der Waals surface area contributed by atoms with Crippen LogP contribution in [0.25, 0.3) is 0 Å². The SMILES string of the molecule is CN1CCC(Nc2cccc(F)c2[N+](=O)[O-])CC1. The molecule has 1 N–H and O–H groups in total. The third kappa shape index (κ3) is 2.76. The Morgan fingerprint density at radius 2 is 2.11 bits per heavy atom. The number of nitro benzene ring substituents is 1. The van der Waals surface area contributed by atoms with Crippen molar-refractivity contribution >= 4 is 11.4 Å². The van der Waals surface area contributed by atoms with Gasteiger partial charge in [-0.3, -0.25) is 10.1 Å². The third-order valence-corrected chi connectivity index (χ3v) is 3.25. The lowest BCUT2D eigenvalue weighted by atomic mass is 10.0. The van der Waals surface area contributed by atoms with Gasteiger partial charge in [0.1, 0.15) is 5.69 Å². The molecule has 1 aliphatic rings. The Morgan fingerprint density at radius 1 is 1.44 bits per heavy atom. The molecule has 0 saturated carbocycles. The Balaban J connectivity index is 2.14. The molecule has 1 fully saturated rings. The van der Waals surface area contributed by atoms with E-state index in [9.17, 15) is 14.5 Å². The van der Waals surface area contributed by atoms with Crippen LogP contribution in [0, 0.1) is 15.9 Å². The van der Waals surface area contributed by atoms with Crippen LogP contribution in [0.15, 0.2) is 18.2 Å². The van der Waals surface area contributed by atoms with Gasteiger partial charge >= 0.3 is 5.69 Å². The first kappa shape index (κ1) is 12.8. The molecule has 18 heavy (non-hydrogen) atoms. The zero-order valence-corrected chi connectivity index (χ0v) is 10.2. The van der Waals surface area contributed by atoms with Crippen molar-refractivity contribution in [2.75, 3.05) is 25.5 Å². The van der Waals surface area contributed by atoms with Crippen molar-refractivity contribution in [1.29, 1.82) is 0 Å². The number of likely N-dealkylation sites (tertiary alicyclic amines) is 1. The number of halogens is 1. The molecule has 0 aliphatic carbocycles. The monoisotopic (exact) mass is 253 g/mol. The number of nitro groups is 1. The summed E-state index contributed by atoms with van der Waals surface area (Å²) < 4.78 is 13.4. The Morgan fingerprint density at radius 3 is 2.72 bits per heavy atom. The molecule has 0 bridgehead atoms. The first-order valence-corrected chi connectivity index (χ1v) is 5.96. The van der Waals surface area contributed by atoms with Gasteiger partial charge in [-0.05, 0) is 45.1 Å². The first-order valence-electron chi connectivity index (χ1n) is 5.96. The average molecular weight is 253 g/mol. The molecule has 6 heteroatoms. The van der Waals surface area contributed by atoms with E-state index in [2.05, 4.69) is 10.2 Å². The van der Waals surface area contributed by atoms with Crippen molar-refractivity contribution in [2.24, 2.45) is 0 Å². The van der Waals surface area contributed by atoms with Crippen LogP contribution in [-0.2, 0) is 0 Å². The predicted octanol–water partition coefficient (Wildman–Crippen LogP) is 2.24. The van der Waals surface area contributed by atoms with Gasteiger partial charge in [0.15, 0.2) is 0 Å². The quantitative estimate of drug-likeness (QED) is 0.663. The lowest BCUT2D eigenvalue weighted by Gasteiger charge is -2.30. The van der Waals surface area contributed by atoms with Crippen molar-refractivity contribution in [1.82, 2.24) is 4.90 Å². The summed E-state index contributed by atoms with van der Waals surface area (Å²) in [6.07, 6.45) is 1.81. The van der Waals surface area contributed by atoms with Gasteiger partial charge in [0.05, 0.1) is 4.92 Å². The van der Waals surface area contributed by atoms with Crippen LogP contribution in [0.3, 0.4) is 0 Å². The molecule has 1 heterocycles. The lowest BCUT2D eigenvalue weighted by Crippen LogP contribution is -2.36. The van der Waals surface area contributed by atoms with Crippen LogP contribution in [-0.4, -0.2) is 36.0 Å². The Labute approximate surface area is 105 Å². The van der Waals surface area contributed by atoms with Crippen LogP contribution in [0.1, 0.15) is 12.8 Å². The second-order valence-electron chi connectivity index (χ2n) is 4.61. The fourth-order valence-electron chi connectivity index (χ4n) is 2.19. The normalized spacial score (nSPS) is 17.7. The topological polar surface area (TPSA) is 58.4 Å². The van der Waals surface area contributed by atoms with E-state index in [-0.39, 0.29) is 11.7 Å². The molecule has 1 aromatic carbocycles. The van der Waals surface area contributed by atoms with Gasteiger partial charge in [0.2, 0.25) is 5.82 Å². The van der Waals surface area contributed by atoms with Gasteiger partial charge in [-0.1, -0.05) is 6.07 Å². The summed E-state index contributed by atoms with van der Waals surface area (Å²) in [7, 11) is 2.04. The molecule has 2 rings (SSSR count). The molecule has 5 nitrogen and oxygen atoms in total. The largest absolute Gasteiger partial charge is 0.377 e. The molecular formula is C12H16FN3O2. The van der Waals surface area contributed by atoms with Crippen LogP contribution < -0.4 is 5.32 Å². The lowest BCUT2D eigenvalue weighted by molar-refractivity contribution is -0.386. The Kier molecular flexibility index (Phi) is 3.76. The molecule has 0 amide bonds. The zero-order chi connectivity index (χ0) is 13.1. The summed E-state index contributed by atoms with van der Waals surface area (Å²) in [5.41, 5.74) is -0.189. The molecule has 1 saturated heterocycles. The number of nitrogens with zero attached hydrogens (tertiary/aromatic N) is 2. The number of benzene rings is 1. The number of para-hydroxylation sites is 1. The minimum absolute atomic E-state index is 0.168. The average Bonchev–Trinajstić information content (AvgIpc) is 2.32. The number of hydrogen-bond acceptors (Lipinski definition) is 4. The molecule has 0 atom stereocenters. The number of piperidine rings is 1. The van der Waals surface area contributed by atoms with Gasteiger partial charge < -0.3 is 10.2 Å². The van der Waals surface area contributed by atoms with Crippen LogP contribution in [0.2, 0.25) is 0 Å². The Hall–Kier alpha value is -1.69. The summed E-state index contributed by atoms with van der Waals surface area (Å²) >= 11 is 0. The van der Waals surface area contributed by atoms with E-state index in [0.29, 0.717) is 0 Å². The second kappa shape index (κ2) is 5.30. The van der Waals surface area contributed by atoms with Gasteiger partial charge in [0.25, 0.3) is 0 Å². The van der Waals surface area contributed by atoms with Crippen LogP contribution in [0.4, 0.5) is 15.8 Å². The standard InChI is InChI=1S/C12H16FN3O2/c1-15-7-5-9(6-8-15)14-11-4-2-3-10(13)12(11)16(17)18/h2-4,9,14H,5-8H2,1H3. The van der Waals surface area contributed by atoms with Crippen molar-refractivity contribution in [3.8, 4) is 0 Å².